The van der Waals surface area contributed by atoms with Crippen molar-refractivity contribution in [3.8, 4) is 0 Å². The first-order valence-electron chi connectivity index (χ1n) is 10.1. The van der Waals surface area contributed by atoms with E-state index in [1.807, 2.05) is 59.7 Å². The van der Waals surface area contributed by atoms with Gasteiger partial charge in [-0.3, -0.25) is 14.9 Å². The molecule has 0 radical (unpaired) electrons. The predicted molar refractivity (Wildman–Crippen MR) is 129 cm³/mol. The first kappa shape index (κ1) is 26.4. The van der Waals surface area contributed by atoms with Gasteiger partial charge in [0, 0.05) is 38.4 Å². The van der Waals surface area contributed by atoms with Crippen LogP contribution in [0.1, 0.15) is 47.2 Å². The summed E-state index contributed by atoms with van der Waals surface area (Å²) >= 11 is 0. The lowest BCUT2D eigenvalue weighted by molar-refractivity contribution is -0.0755. The van der Waals surface area contributed by atoms with Crippen LogP contribution in [0.3, 0.4) is 0 Å². The molecule has 0 bridgehead atoms. The molecule has 8 nitrogen and oxygen atoms in total. The van der Waals surface area contributed by atoms with Gasteiger partial charge in [0.15, 0.2) is 5.96 Å². The van der Waals surface area contributed by atoms with E-state index in [0.29, 0.717) is 19.0 Å². The molecule has 1 amide bonds. The number of aromatic nitrogens is 1. The topological polar surface area (TPSA) is 88.1 Å². The van der Waals surface area contributed by atoms with Crippen LogP contribution >= 0.6 is 24.0 Å². The third-order valence-corrected chi connectivity index (χ3v) is 4.62. The Morgan fingerprint density at radius 1 is 1.33 bits per heavy atom. The van der Waals surface area contributed by atoms with Crippen molar-refractivity contribution in [2.24, 2.45) is 4.99 Å². The summed E-state index contributed by atoms with van der Waals surface area (Å²) in [4.78, 5) is 23.1. The molecule has 170 valence electrons. The molecule has 2 N–H and O–H groups in total. The Bertz CT molecular complexity index is 706. The van der Waals surface area contributed by atoms with Crippen molar-refractivity contribution in [1.29, 1.82) is 0 Å². The molecule has 0 spiro atoms. The van der Waals surface area contributed by atoms with Gasteiger partial charge in [-0.05, 0) is 53.7 Å². The molecule has 0 aliphatic carbocycles. The van der Waals surface area contributed by atoms with E-state index in [0.717, 1.165) is 12.1 Å². The Morgan fingerprint density at radius 3 is 2.60 bits per heavy atom. The van der Waals surface area contributed by atoms with Gasteiger partial charge in [0.25, 0.3) is 0 Å². The minimum absolute atomic E-state index is 0. The summed E-state index contributed by atoms with van der Waals surface area (Å²) in [7, 11) is 1.72. The number of pyridine rings is 1. The predicted octanol–water partition coefficient (Wildman–Crippen LogP) is 3.17. The molecule has 0 aromatic carbocycles. The molecule has 1 aromatic heterocycles. The minimum Gasteiger partial charge on any atom is -0.444 e. The molecule has 1 aromatic rings. The molecule has 1 fully saturated rings. The van der Waals surface area contributed by atoms with E-state index in [9.17, 15) is 4.79 Å². The number of hydrogen-bond acceptors (Lipinski definition) is 5. The molecule has 30 heavy (non-hydrogen) atoms. The number of halogens is 1. The second-order valence-corrected chi connectivity index (χ2v) is 8.64. The number of ether oxygens (including phenoxy) is 2. The zero-order valence-corrected chi connectivity index (χ0v) is 21.4. The molecule has 0 saturated carbocycles. The maximum absolute atomic E-state index is 12.8. The first-order chi connectivity index (χ1) is 13.5. The van der Waals surface area contributed by atoms with E-state index >= 15 is 0 Å². The van der Waals surface area contributed by atoms with Crippen LogP contribution in [-0.4, -0.2) is 65.5 Å². The van der Waals surface area contributed by atoms with Crippen molar-refractivity contribution in [2.45, 2.75) is 71.4 Å². The SMILES string of the molecule is CN=C(NCCc1ccccn1)NCC1C(C)OC(C)(C)N1C(=O)OC(C)(C)C.I. The molecular formula is C21H36IN5O3. The normalized spacial score (nSPS) is 21.0. The second kappa shape index (κ2) is 11.1. The zero-order chi connectivity index (χ0) is 21.7. The molecule has 1 saturated heterocycles. The number of hydrogen-bond donors (Lipinski definition) is 2. The lowest BCUT2D eigenvalue weighted by Gasteiger charge is -2.35. The van der Waals surface area contributed by atoms with Gasteiger partial charge < -0.3 is 20.1 Å². The van der Waals surface area contributed by atoms with E-state index in [1.165, 1.54) is 0 Å². The molecule has 1 aliphatic heterocycles. The van der Waals surface area contributed by atoms with Crippen molar-refractivity contribution in [2.75, 3.05) is 20.1 Å². The second-order valence-electron chi connectivity index (χ2n) is 8.64. The van der Waals surface area contributed by atoms with Crippen LogP contribution in [0.15, 0.2) is 29.4 Å². The summed E-state index contributed by atoms with van der Waals surface area (Å²) in [6.45, 7) is 12.5. The quantitative estimate of drug-likeness (QED) is 0.344. The maximum Gasteiger partial charge on any atom is 0.412 e. The van der Waals surface area contributed by atoms with Gasteiger partial charge in [-0.1, -0.05) is 6.07 Å². The van der Waals surface area contributed by atoms with E-state index in [2.05, 4.69) is 20.6 Å². The fourth-order valence-electron chi connectivity index (χ4n) is 3.40. The highest BCUT2D eigenvalue weighted by Gasteiger charge is 2.49. The number of amides is 1. The summed E-state index contributed by atoms with van der Waals surface area (Å²) in [6, 6.07) is 5.69. The third kappa shape index (κ3) is 7.57. The first-order valence-corrected chi connectivity index (χ1v) is 10.1. The Hall–Kier alpha value is -1.62. The van der Waals surface area contributed by atoms with Crippen molar-refractivity contribution in [1.82, 2.24) is 20.5 Å². The molecule has 2 atom stereocenters. The number of nitrogens with zero attached hydrogens (tertiary/aromatic N) is 3. The maximum atomic E-state index is 12.8. The van der Waals surface area contributed by atoms with Gasteiger partial charge in [-0.25, -0.2) is 4.79 Å². The molecule has 2 rings (SSSR count). The van der Waals surface area contributed by atoms with Gasteiger partial charge in [0.1, 0.15) is 11.3 Å². The summed E-state index contributed by atoms with van der Waals surface area (Å²) in [5.41, 5.74) is -0.296. The van der Waals surface area contributed by atoms with Crippen molar-refractivity contribution >= 4 is 36.0 Å². The number of carbonyl (C=O) groups is 1. The summed E-state index contributed by atoms with van der Waals surface area (Å²) in [6.07, 6.45) is 2.06. The van der Waals surface area contributed by atoms with Gasteiger partial charge in [0.05, 0.1) is 12.1 Å². The largest absolute Gasteiger partial charge is 0.444 e. The van der Waals surface area contributed by atoms with Crippen molar-refractivity contribution in [3.63, 3.8) is 0 Å². The van der Waals surface area contributed by atoms with Gasteiger partial charge >= 0.3 is 6.09 Å². The smallest absolute Gasteiger partial charge is 0.412 e. The van der Waals surface area contributed by atoms with Crippen molar-refractivity contribution < 1.29 is 14.3 Å². The third-order valence-electron chi connectivity index (χ3n) is 4.62. The molecule has 2 heterocycles. The zero-order valence-electron chi connectivity index (χ0n) is 19.1. The van der Waals surface area contributed by atoms with Crippen LogP contribution in [-0.2, 0) is 15.9 Å². The highest BCUT2D eigenvalue weighted by atomic mass is 127. The van der Waals surface area contributed by atoms with E-state index in [-0.39, 0.29) is 42.2 Å². The molecule has 2 unspecified atom stereocenters. The van der Waals surface area contributed by atoms with Crippen LogP contribution in [0, 0.1) is 0 Å². The fraction of sp³-hybridized carbons (Fsp3) is 0.667. The Kier molecular flexibility index (Phi) is 9.80. The van der Waals surface area contributed by atoms with E-state index in [1.54, 1.807) is 18.1 Å². The number of rotatable bonds is 5. The molecular weight excluding hydrogens is 497 g/mol. The van der Waals surface area contributed by atoms with Crippen LogP contribution in [0.4, 0.5) is 4.79 Å². The van der Waals surface area contributed by atoms with Crippen LogP contribution in [0.2, 0.25) is 0 Å². The fourth-order valence-corrected chi connectivity index (χ4v) is 3.40. The van der Waals surface area contributed by atoms with Crippen LogP contribution in [0.25, 0.3) is 0 Å². The summed E-state index contributed by atoms with van der Waals surface area (Å²) < 4.78 is 11.6. The van der Waals surface area contributed by atoms with Gasteiger partial charge in [-0.15, -0.1) is 24.0 Å². The van der Waals surface area contributed by atoms with Crippen LogP contribution in [0.5, 0.6) is 0 Å². The number of guanidine groups is 1. The number of carbonyl (C=O) groups excluding carboxylic acids is 1. The van der Waals surface area contributed by atoms with Crippen molar-refractivity contribution in [3.05, 3.63) is 30.1 Å². The molecule has 9 heteroatoms. The standard InChI is InChI=1S/C21H35N5O3.HI/c1-15-17(26(21(5,6)28-15)19(27)29-20(2,3)4)14-25-18(22-7)24-13-11-16-10-8-9-12-23-16;/h8-10,12,15,17H,11,13-14H2,1-7H3,(H2,22,24,25);1H. The summed E-state index contributed by atoms with van der Waals surface area (Å²) in [5, 5.41) is 6.59. The lowest BCUT2D eigenvalue weighted by Crippen LogP contribution is -2.54. The highest BCUT2D eigenvalue weighted by molar-refractivity contribution is 14.0. The average molecular weight is 533 g/mol. The monoisotopic (exact) mass is 533 g/mol. The Morgan fingerprint density at radius 2 is 2.03 bits per heavy atom. The Balaban J connectivity index is 0.00000450. The average Bonchev–Trinajstić information content (AvgIpc) is 2.85. The number of aliphatic imine (C=N–C) groups is 1. The minimum atomic E-state index is -0.746. The van der Waals surface area contributed by atoms with Crippen LogP contribution < -0.4 is 10.6 Å². The molecule has 1 aliphatic rings. The number of nitrogens with one attached hydrogen (secondary N) is 2. The van der Waals surface area contributed by atoms with Gasteiger partial charge in [0.2, 0.25) is 0 Å². The Labute approximate surface area is 197 Å². The van der Waals surface area contributed by atoms with Gasteiger partial charge in [-0.2, -0.15) is 0 Å². The summed E-state index contributed by atoms with van der Waals surface area (Å²) in [5.74, 6) is 0.668. The van der Waals surface area contributed by atoms with E-state index in [4.69, 9.17) is 9.47 Å². The highest BCUT2D eigenvalue weighted by Crippen LogP contribution is 2.33. The lowest BCUT2D eigenvalue weighted by atomic mass is 10.1. The van der Waals surface area contributed by atoms with E-state index < -0.39 is 11.3 Å².